The highest BCUT2D eigenvalue weighted by atomic mass is 79.9. The van der Waals surface area contributed by atoms with Crippen LogP contribution in [0, 0.1) is 0 Å². The van der Waals surface area contributed by atoms with Crippen molar-refractivity contribution >= 4 is 21.7 Å². The maximum atomic E-state index is 12.9. The zero-order valence-corrected chi connectivity index (χ0v) is 10.7. The molecule has 18 heavy (non-hydrogen) atoms. The third-order valence-electron chi connectivity index (χ3n) is 2.42. The van der Waals surface area contributed by atoms with Gasteiger partial charge in [0, 0.05) is 33.6 Å². The highest BCUT2D eigenvalue weighted by molar-refractivity contribution is 9.10. The summed E-state index contributed by atoms with van der Waals surface area (Å²) in [4.78, 5) is 15.9. The number of rotatable bonds is 3. The molecule has 1 aromatic carbocycles. The first-order valence-corrected chi connectivity index (χ1v) is 5.91. The summed E-state index contributed by atoms with van der Waals surface area (Å²) in [5.74, 6) is -0.453. The first kappa shape index (κ1) is 12.8. The lowest BCUT2D eigenvalue weighted by Crippen LogP contribution is -2.06. The maximum absolute atomic E-state index is 12.9. The smallest absolute Gasteiger partial charge is 0.264 e. The molecule has 1 aromatic heterocycles. The van der Waals surface area contributed by atoms with Crippen molar-refractivity contribution in [2.24, 2.45) is 0 Å². The molecule has 0 unspecified atom stereocenters. The first-order valence-electron chi connectivity index (χ1n) is 5.12. The number of hydrogen-bond donors (Lipinski definition) is 0. The van der Waals surface area contributed by atoms with Gasteiger partial charge >= 0.3 is 0 Å². The van der Waals surface area contributed by atoms with Crippen LogP contribution in [-0.4, -0.2) is 10.8 Å². The van der Waals surface area contributed by atoms with Crippen molar-refractivity contribution in [2.45, 2.75) is 6.43 Å². The van der Waals surface area contributed by atoms with Gasteiger partial charge in [0.25, 0.3) is 6.43 Å². The molecule has 1 heterocycles. The van der Waals surface area contributed by atoms with E-state index in [9.17, 15) is 13.6 Å². The van der Waals surface area contributed by atoms with E-state index >= 15 is 0 Å². The van der Waals surface area contributed by atoms with E-state index in [1.165, 1.54) is 24.5 Å². The average Bonchev–Trinajstić information content (AvgIpc) is 2.39. The lowest BCUT2D eigenvalue weighted by Gasteiger charge is -2.08. The Kier molecular flexibility index (Phi) is 3.81. The summed E-state index contributed by atoms with van der Waals surface area (Å²) < 4.78 is 26.3. The molecule has 5 heteroatoms. The number of ketones is 1. The van der Waals surface area contributed by atoms with Crippen molar-refractivity contribution in [2.75, 3.05) is 0 Å². The van der Waals surface area contributed by atoms with E-state index in [2.05, 4.69) is 20.9 Å². The fourth-order valence-electron chi connectivity index (χ4n) is 1.57. The SMILES string of the molecule is O=C(c1cccnc1)c1ccc(Br)cc1C(F)F. The molecule has 0 N–H and O–H groups in total. The molecule has 2 aromatic rings. The predicted octanol–water partition coefficient (Wildman–Crippen LogP) is 4.01. The van der Waals surface area contributed by atoms with Gasteiger partial charge in [0.1, 0.15) is 0 Å². The van der Waals surface area contributed by atoms with Crippen molar-refractivity contribution in [1.82, 2.24) is 4.98 Å². The van der Waals surface area contributed by atoms with Gasteiger partial charge in [0.05, 0.1) is 0 Å². The van der Waals surface area contributed by atoms with Crippen LogP contribution in [0.25, 0.3) is 0 Å². The number of benzene rings is 1. The molecule has 0 saturated heterocycles. The molecule has 0 aliphatic heterocycles. The molecule has 0 aliphatic carbocycles. The summed E-state index contributed by atoms with van der Waals surface area (Å²) in [6.07, 6.45) is 0.185. The lowest BCUT2D eigenvalue weighted by molar-refractivity contribution is 0.102. The summed E-state index contributed by atoms with van der Waals surface area (Å²) in [6, 6.07) is 7.35. The number of aromatic nitrogens is 1. The maximum Gasteiger partial charge on any atom is 0.264 e. The Balaban J connectivity index is 2.48. The molecule has 2 nitrogen and oxygen atoms in total. The minimum atomic E-state index is -2.70. The summed E-state index contributed by atoms with van der Waals surface area (Å²) in [7, 11) is 0. The van der Waals surface area contributed by atoms with Crippen LogP contribution in [-0.2, 0) is 0 Å². The minimum absolute atomic E-state index is 0.00111. The zero-order chi connectivity index (χ0) is 13.1. The second-order valence-electron chi connectivity index (χ2n) is 3.60. The highest BCUT2D eigenvalue weighted by Crippen LogP contribution is 2.27. The van der Waals surface area contributed by atoms with E-state index in [1.807, 2.05) is 0 Å². The number of nitrogens with zero attached hydrogens (tertiary/aromatic N) is 1. The van der Waals surface area contributed by atoms with Gasteiger partial charge in [-0.05, 0) is 30.3 Å². The quantitative estimate of drug-likeness (QED) is 0.802. The van der Waals surface area contributed by atoms with E-state index < -0.39 is 12.2 Å². The summed E-state index contributed by atoms with van der Waals surface area (Å²) in [5, 5.41) is 0. The van der Waals surface area contributed by atoms with Gasteiger partial charge in [-0.25, -0.2) is 8.78 Å². The van der Waals surface area contributed by atoms with Crippen LogP contribution in [0.3, 0.4) is 0 Å². The van der Waals surface area contributed by atoms with E-state index in [-0.39, 0.29) is 11.1 Å². The van der Waals surface area contributed by atoms with Gasteiger partial charge < -0.3 is 0 Å². The third kappa shape index (κ3) is 2.61. The van der Waals surface area contributed by atoms with Gasteiger partial charge in [0.2, 0.25) is 0 Å². The van der Waals surface area contributed by atoms with Gasteiger partial charge in [-0.1, -0.05) is 15.9 Å². The molecule has 0 fully saturated rings. The standard InChI is InChI=1S/C13H8BrF2NO/c14-9-3-4-10(11(6-9)13(15)16)12(18)8-2-1-5-17-7-8/h1-7,13H. The Morgan fingerprint density at radius 1 is 1.28 bits per heavy atom. The van der Waals surface area contributed by atoms with Crippen LogP contribution in [0.2, 0.25) is 0 Å². The molecule has 2 rings (SSSR count). The molecular weight excluding hydrogens is 304 g/mol. The molecule has 92 valence electrons. The average molecular weight is 312 g/mol. The van der Waals surface area contributed by atoms with Gasteiger partial charge in [-0.2, -0.15) is 0 Å². The second-order valence-corrected chi connectivity index (χ2v) is 4.52. The van der Waals surface area contributed by atoms with E-state index in [0.29, 0.717) is 10.0 Å². The minimum Gasteiger partial charge on any atom is -0.289 e. The molecule has 0 spiro atoms. The van der Waals surface area contributed by atoms with Crippen LogP contribution in [0.5, 0.6) is 0 Å². The van der Waals surface area contributed by atoms with Crippen molar-refractivity contribution in [3.05, 3.63) is 63.9 Å². The Morgan fingerprint density at radius 2 is 2.06 bits per heavy atom. The van der Waals surface area contributed by atoms with Gasteiger partial charge in [0.15, 0.2) is 5.78 Å². The topological polar surface area (TPSA) is 30.0 Å². The fourth-order valence-corrected chi connectivity index (χ4v) is 1.95. The van der Waals surface area contributed by atoms with Crippen molar-refractivity contribution in [3.63, 3.8) is 0 Å². The summed E-state index contributed by atoms with van der Waals surface area (Å²) >= 11 is 3.11. The molecule has 0 aliphatic rings. The first-order chi connectivity index (χ1) is 8.59. The number of carbonyl (C=O) groups excluding carboxylic acids is 1. The Bertz CT molecular complexity index is 572. The van der Waals surface area contributed by atoms with Crippen molar-refractivity contribution < 1.29 is 13.6 Å². The predicted molar refractivity (Wildman–Crippen MR) is 66.8 cm³/mol. The molecule has 0 radical (unpaired) electrons. The van der Waals surface area contributed by atoms with E-state index in [1.54, 1.807) is 18.2 Å². The molecule has 0 amide bonds. The largest absolute Gasteiger partial charge is 0.289 e. The Hall–Kier alpha value is -1.62. The van der Waals surface area contributed by atoms with Crippen molar-refractivity contribution in [1.29, 1.82) is 0 Å². The van der Waals surface area contributed by atoms with E-state index in [0.717, 1.165) is 0 Å². The third-order valence-corrected chi connectivity index (χ3v) is 2.91. The zero-order valence-electron chi connectivity index (χ0n) is 9.11. The van der Waals surface area contributed by atoms with Crippen LogP contribution in [0.1, 0.15) is 27.9 Å². The van der Waals surface area contributed by atoms with Crippen LogP contribution < -0.4 is 0 Å². The number of pyridine rings is 1. The Morgan fingerprint density at radius 3 is 2.67 bits per heavy atom. The molecule has 0 atom stereocenters. The molecule has 0 bridgehead atoms. The Labute approximate surface area is 111 Å². The molecular formula is C13H8BrF2NO. The van der Waals surface area contributed by atoms with E-state index in [4.69, 9.17) is 0 Å². The summed E-state index contributed by atoms with van der Waals surface area (Å²) in [5.41, 5.74) is 0.0150. The second kappa shape index (κ2) is 5.35. The van der Waals surface area contributed by atoms with Crippen molar-refractivity contribution in [3.8, 4) is 0 Å². The van der Waals surface area contributed by atoms with Crippen LogP contribution >= 0.6 is 15.9 Å². The van der Waals surface area contributed by atoms with Crippen LogP contribution in [0.4, 0.5) is 8.78 Å². The summed E-state index contributed by atoms with van der Waals surface area (Å²) in [6.45, 7) is 0. The number of hydrogen-bond acceptors (Lipinski definition) is 2. The normalized spacial score (nSPS) is 10.7. The monoisotopic (exact) mass is 311 g/mol. The van der Waals surface area contributed by atoms with Gasteiger partial charge in [-0.3, -0.25) is 9.78 Å². The number of carbonyl (C=O) groups is 1. The lowest BCUT2D eigenvalue weighted by atomic mass is 10.00. The number of alkyl halides is 2. The fraction of sp³-hybridized carbons (Fsp3) is 0.0769. The highest BCUT2D eigenvalue weighted by Gasteiger charge is 2.19. The molecule has 0 saturated carbocycles. The van der Waals surface area contributed by atoms with Crippen LogP contribution in [0.15, 0.2) is 47.2 Å². The van der Waals surface area contributed by atoms with Gasteiger partial charge in [-0.15, -0.1) is 0 Å². The number of halogens is 3.